The second-order valence-corrected chi connectivity index (χ2v) is 6.07. The van der Waals surface area contributed by atoms with Crippen molar-refractivity contribution in [2.45, 2.75) is 40.0 Å². The van der Waals surface area contributed by atoms with E-state index in [0.717, 1.165) is 37.9 Å². The summed E-state index contributed by atoms with van der Waals surface area (Å²) in [5.41, 5.74) is 1.03. The molecule has 108 valence electrons. The molecule has 0 aliphatic heterocycles. The number of benzene rings is 1. The Morgan fingerprint density at radius 2 is 2.00 bits per heavy atom. The van der Waals surface area contributed by atoms with Gasteiger partial charge in [-0.05, 0) is 55.5 Å². The van der Waals surface area contributed by atoms with Gasteiger partial charge in [0, 0.05) is 0 Å². The summed E-state index contributed by atoms with van der Waals surface area (Å²) in [6.07, 6.45) is 3.23. The molecular formula is C16H25ClFN. The van der Waals surface area contributed by atoms with Crippen LogP contribution >= 0.6 is 11.6 Å². The highest BCUT2D eigenvalue weighted by atomic mass is 35.5. The Bertz CT molecular complexity index is 379. The Kier molecular flexibility index (Phi) is 7.40. The van der Waals surface area contributed by atoms with Gasteiger partial charge in [-0.2, -0.15) is 0 Å². The zero-order valence-electron chi connectivity index (χ0n) is 12.2. The molecule has 0 saturated carbocycles. The molecule has 19 heavy (non-hydrogen) atoms. The van der Waals surface area contributed by atoms with Crippen LogP contribution in [-0.2, 0) is 6.42 Å². The summed E-state index contributed by atoms with van der Waals surface area (Å²) in [7, 11) is 0. The first kappa shape index (κ1) is 16.5. The van der Waals surface area contributed by atoms with Gasteiger partial charge in [-0.15, -0.1) is 0 Å². The highest BCUT2D eigenvalue weighted by Gasteiger charge is 2.10. The minimum absolute atomic E-state index is 0.203. The maximum Gasteiger partial charge on any atom is 0.142 e. The van der Waals surface area contributed by atoms with Gasteiger partial charge in [0.1, 0.15) is 5.82 Å². The molecule has 1 N–H and O–H groups in total. The van der Waals surface area contributed by atoms with Crippen molar-refractivity contribution in [1.82, 2.24) is 5.32 Å². The van der Waals surface area contributed by atoms with Crippen molar-refractivity contribution < 1.29 is 4.39 Å². The van der Waals surface area contributed by atoms with Crippen LogP contribution in [0, 0.1) is 17.7 Å². The van der Waals surface area contributed by atoms with Crippen molar-refractivity contribution >= 4 is 11.6 Å². The van der Waals surface area contributed by atoms with E-state index >= 15 is 0 Å². The Morgan fingerprint density at radius 3 is 2.58 bits per heavy atom. The minimum atomic E-state index is -0.315. The third-order valence-electron chi connectivity index (χ3n) is 3.19. The molecule has 1 rings (SSSR count). The fourth-order valence-corrected chi connectivity index (χ4v) is 2.38. The van der Waals surface area contributed by atoms with Crippen molar-refractivity contribution in [2.75, 3.05) is 13.1 Å². The second kappa shape index (κ2) is 8.55. The van der Waals surface area contributed by atoms with Crippen LogP contribution in [0.3, 0.4) is 0 Å². The molecule has 0 fully saturated rings. The molecule has 0 heterocycles. The molecule has 0 aliphatic rings. The first-order valence-corrected chi connectivity index (χ1v) is 7.55. The monoisotopic (exact) mass is 285 g/mol. The average Bonchev–Trinajstić information content (AvgIpc) is 2.33. The van der Waals surface area contributed by atoms with Crippen LogP contribution in [-0.4, -0.2) is 13.1 Å². The van der Waals surface area contributed by atoms with Gasteiger partial charge in [-0.1, -0.05) is 44.9 Å². The summed E-state index contributed by atoms with van der Waals surface area (Å²) in [6.45, 7) is 8.64. The van der Waals surface area contributed by atoms with Crippen LogP contribution in [0.2, 0.25) is 5.02 Å². The molecule has 1 aromatic rings. The van der Waals surface area contributed by atoms with Crippen molar-refractivity contribution in [2.24, 2.45) is 11.8 Å². The fourth-order valence-electron chi connectivity index (χ4n) is 2.26. The summed E-state index contributed by atoms with van der Waals surface area (Å²) >= 11 is 5.71. The van der Waals surface area contributed by atoms with Crippen molar-refractivity contribution in [1.29, 1.82) is 0 Å². The number of hydrogen-bond donors (Lipinski definition) is 1. The molecule has 0 saturated heterocycles. The SMILES string of the molecule is CCCC(CNCC(C)C)Cc1ccc(Cl)c(F)c1. The first-order chi connectivity index (χ1) is 9.02. The van der Waals surface area contributed by atoms with E-state index in [1.807, 2.05) is 6.07 Å². The lowest BCUT2D eigenvalue weighted by atomic mass is 9.94. The molecule has 0 aliphatic carbocycles. The fraction of sp³-hybridized carbons (Fsp3) is 0.625. The van der Waals surface area contributed by atoms with Gasteiger partial charge in [0.2, 0.25) is 0 Å². The molecule has 0 amide bonds. The van der Waals surface area contributed by atoms with Gasteiger partial charge in [-0.25, -0.2) is 4.39 Å². The predicted octanol–water partition coefficient (Wildman–Crippen LogP) is 4.68. The van der Waals surface area contributed by atoms with E-state index in [0.29, 0.717) is 11.8 Å². The summed E-state index contributed by atoms with van der Waals surface area (Å²) in [4.78, 5) is 0. The maximum atomic E-state index is 13.4. The molecule has 1 unspecified atom stereocenters. The van der Waals surface area contributed by atoms with Crippen molar-refractivity contribution in [3.05, 3.63) is 34.6 Å². The lowest BCUT2D eigenvalue weighted by molar-refractivity contribution is 0.420. The van der Waals surface area contributed by atoms with E-state index in [1.54, 1.807) is 12.1 Å². The Labute approximate surface area is 121 Å². The maximum absolute atomic E-state index is 13.4. The van der Waals surface area contributed by atoms with Crippen molar-refractivity contribution in [3.63, 3.8) is 0 Å². The topological polar surface area (TPSA) is 12.0 Å². The van der Waals surface area contributed by atoms with Crippen LogP contribution < -0.4 is 5.32 Å². The van der Waals surface area contributed by atoms with Gasteiger partial charge in [0.05, 0.1) is 5.02 Å². The van der Waals surface area contributed by atoms with Gasteiger partial charge in [0.25, 0.3) is 0 Å². The quantitative estimate of drug-likeness (QED) is 0.731. The first-order valence-electron chi connectivity index (χ1n) is 7.17. The molecule has 1 atom stereocenters. The van der Waals surface area contributed by atoms with Crippen LogP contribution in [0.5, 0.6) is 0 Å². The molecule has 0 radical (unpaired) electrons. The third-order valence-corrected chi connectivity index (χ3v) is 3.50. The average molecular weight is 286 g/mol. The van der Waals surface area contributed by atoms with Gasteiger partial charge < -0.3 is 5.32 Å². The predicted molar refractivity (Wildman–Crippen MR) is 81.2 cm³/mol. The summed E-state index contributed by atoms with van der Waals surface area (Å²) < 4.78 is 13.4. The van der Waals surface area contributed by atoms with E-state index < -0.39 is 0 Å². The normalized spacial score (nSPS) is 12.9. The van der Waals surface area contributed by atoms with E-state index in [4.69, 9.17) is 11.6 Å². The summed E-state index contributed by atoms with van der Waals surface area (Å²) in [5.74, 6) is 0.907. The van der Waals surface area contributed by atoms with Crippen LogP contribution in [0.25, 0.3) is 0 Å². The highest BCUT2D eigenvalue weighted by Crippen LogP contribution is 2.19. The van der Waals surface area contributed by atoms with E-state index in [2.05, 4.69) is 26.1 Å². The molecule has 1 nitrogen and oxygen atoms in total. The zero-order valence-corrected chi connectivity index (χ0v) is 12.9. The smallest absolute Gasteiger partial charge is 0.142 e. The molecule has 3 heteroatoms. The highest BCUT2D eigenvalue weighted by molar-refractivity contribution is 6.30. The molecule has 1 aromatic carbocycles. The van der Waals surface area contributed by atoms with E-state index in [9.17, 15) is 4.39 Å². The van der Waals surface area contributed by atoms with Gasteiger partial charge in [-0.3, -0.25) is 0 Å². The van der Waals surface area contributed by atoms with Crippen molar-refractivity contribution in [3.8, 4) is 0 Å². The van der Waals surface area contributed by atoms with Crippen LogP contribution in [0.4, 0.5) is 4.39 Å². The summed E-state index contributed by atoms with van der Waals surface area (Å²) in [5, 5.41) is 3.70. The number of rotatable bonds is 8. The number of nitrogens with one attached hydrogen (secondary N) is 1. The Morgan fingerprint density at radius 1 is 1.26 bits per heavy atom. The van der Waals surface area contributed by atoms with Gasteiger partial charge in [0.15, 0.2) is 0 Å². The molecule has 0 bridgehead atoms. The Hall–Kier alpha value is -0.600. The third kappa shape index (κ3) is 6.40. The molecule has 0 aromatic heterocycles. The van der Waals surface area contributed by atoms with E-state index in [1.165, 1.54) is 0 Å². The van der Waals surface area contributed by atoms with Crippen LogP contribution in [0.1, 0.15) is 39.2 Å². The number of hydrogen-bond acceptors (Lipinski definition) is 1. The lowest BCUT2D eigenvalue weighted by Crippen LogP contribution is -2.27. The minimum Gasteiger partial charge on any atom is -0.316 e. The standard InChI is InChI=1S/C16H25ClFN/c1-4-5-14(11-19-10-12(2)3)8-13-6-7-15(17)16(18)9-13/h6-7,9,12,14,19H,4-5,8,10-11H2,1-3H3. The summed E-state index contributed by atoms with van der Waals surface area (Å²) in [6, 6.07) is 5.14. The number of halogens is 2. The zero-order chi connectivity index (χ0) is 14.3. The Balaban J connectivity index is 2.54. The second-order valence-electron chi connectivity index (χ2n) is 5.66. The van der Waals surface area contributed by atoms with Crippen LogP contribution in [0.15, 0.2) is 18.2 Å². The molecular weight excluding hydrogens is 261 g/mol. The largest absolute Gasteiger partial charge is 0.316 e. The van der Waals surface area contributed by atoms with E-state index in [-0.39, 0.29) is 10.8 Å². The lowest BCUT2D eigenvalue weighted by Gasteiger charge is -2.18. The van der Waals surface area contributed by atoms with Gasteiger partial charge >= 0.3 is 0 Å². The molecule has 0 spiro atoms.